The molecule has 0 aliphatic carbocycles. The van der Waals surface area contributed by atoms with Gasteiger partial charge in [0.25, 0.3) is 0 Å². The summed E-state index contributed by atoms with van der Waals surface area (Å²) in [7, 11) is 179. The zero-order chi connectivity index (χ0) is 103. The Labute approximate surface area is 970 Å². The van der Waals surface area contributed by atoms with Gasteiger partial charge in [-0.3, -0.25) is 0 Å². The van der Waals surface area contributed by atoms with Gasteiger partial charge in [0, 0.05) is 43.5 Å². The summed E-state index contributed by atoms with van der Waals surface area (Å²) in [5.41, 5.74) is 10.1. The summed E-state index contributed by atoms with van der Waals surface area (Å²) in [6.07, 6.45) is 1.63. The minimum Gasteiger partial charge on any atom is -0.382 e. The largest absolute Gasteiger partial charge is 0.382 e. The predicted octanol–water partition coefficient (Wildman–Crippen LogP) is 60.3. The number of benzene rings is 2. The zero-order valence-corrected chi connectivity index (χ0v) is 169. The van der Waals surface area contributed by atoms with Crippen molar-refractivity contribution in [2.75, 3.05) is 25.5 Å². The lowest BCUT2D eigenvalue weighted by atomic mass is 10.1. The van der Waals surface area contributed by atoms with E-state index in [1.807, 2.05) is 24.3 Å². The van der Waals surface area contributed by atoms with E-state index in [9.17, 15) is 12.8 Å². The summed E-state index contributed by atoms with van der Waals surface area (Å²) >= 11 is 0. The van der Waals surface area contributed by atoms with Crippen LogP contribution in [-0.2, 0) is 21.1 Å². The highest BCUT2D eigenvalue weighted by molar-refractivity contribution is 9.60. The highest BCUT2D eigenvalue weighted by Crippen LogP contribution is 3.54. The van der Waals surface area contributed by atoms with Gasteiger partial charge < -0.3 is 20.3 Å². The number of nitrogens with zero attached hydrogens (tertiary/aromatic N) is 3. The average molecular weight is 3590 g/mol. The number of sulfone groups is 1. The van der Waals surface area contributed by atoms with Crippen molar-refractivity contribution in [1.82, 2.24) is 20.4 Å². The molecule has 0 spiro atoms. The molecule has 2 aromatic carbocycles. The quantitative estimate of drug-likeness (QED) is 0.0415. The van der Waals surface area contributed by atoms with Crippen LogP contribution < -0.4 is 11.1 Å². The Morgan fingerprint density at radius 3 is 0.858 bits per heavy atom. The van der Waals surface area contributed by atoms with Gasteiger partial charge in [-0.05, 0) is 359 Å². The van der Waals surface area contributed by atoms with Gasteiger partial charge in [-0.1, -0.05) is 49.5 Å². The molecule has 776 valence electrons. The number of ether oxygens (including phenoxy) is 1. The molecule has 4 aromatic rings. The molecule has 134 heavy (non-hydrogen) atoms. The maximum atomic E-state index is 13.0. The van der Waals surface area contributed by atoms with Crippen molar-refractivity contribution in [2.45, 2.75) is 42.6 Å². The summed E-state index contributed by atoms with van der Waals surface area (Å²) in [5, 5.41) is 6.80. The van der Waals surface area contributed by atoms with Crippen molar-refractivity contribution >= 4 is 774 Å². The van der Waals surface area contributed by atoms with Crippen LogP contribution in [0.3, 0.4) is 0 Å². The number of hydrogen-bond donors (Lipinski definition) is 2. The van der Waals surface area contributed by atoms with E-state index in [0.717, 1.165) is 19.1 Å². The topological polar surface area (TPSA) is 133 Å². The van der Waals surface area contributed by atoms with Crippen LogP contribution in [0.2, 0.25) is 0 Å². The first-order valence-corrected chi connectivity index (χ1v) is 209. The third-order valence-electron chi connectivity index (χ3n) is 15.1. The van der Waals surface area contributed by atoms with E-state index in [4.69, 9.17) is 15.0 Å². The summed E-state index contributed by atoms with van der Waals surface area (Å²) in [4.78, 5) is 9.19. The highest BCUT2D eigenvalue weighted by Gasteiger charge is 2.67. The Hall–Kier alpha value is 37.2. The van der Waals surface area contributed by atoms with Crippen LogP contribution in [0.25, 0.3) is 34.0 Å². The molecule has 5 rings (SSSR count). The second-order valence-corrected chi connectivity index (χ2v) is 420. The van der Waals surface area contributed by atoms with Crippen LogP contribution in [0.15, 0.2) is 70.2 Å². The molecule has 1 aliphatic heterocycles. The smallest absolute Gasteiger partial charge is 0.189 e. The Morgan fingerprint density at radius 1 is 0.373 bits per heavy atom. The highest BCUT2D eigenvalue weighted by atomic mass is 33.7. The Morgan fingerprint density at radius 2 is 0.612 bits per heavy atom. The molecular weight excluding hydrogens is 3460 g/mol. The Bertz CT molecular complexity index is 3710. The molecule has 0 radical (unpaired) electrons. The third kappa shape index (κ3) is 53.5. The van der Waals surface area contributed by atoms with Crippen molar-refractivity contribution in [3.05, 3.63) is 66.4 Å². The second-order valence-electron chi connectivity index (χ2n) is 24.7. The van der Waals surface area contributed by atoms with Crippen LogP contribution in [0, 0.1) is 0 Å². The molecule has 106 heteroatoms. The van der Waals surface area contributed by atoms with Gasteiger partial charge in [-0.2, -0.15) is 0 Å². The SMILES string of the molecule is CC(F)CNCc1ccc(-c2cc(-c3nc(-c4ccc(S(=O)(=O)C5CCOCC5)cc4)cnc3N)on2)cc1.PPP(P)P(P(P)P)P(P(P(P)P)P(P)P)P(P(P(P(P)P)P(P)P)P(P(P)P)P(P)P)P(P(P(P(P(P)P)P(P)P)P(P(P)P)P(P)P)P(P(P(P)P)P(P)P)P(P(P)P)P(P)P)P(P(P(P(P)P)P(P)P)P(P(P)P)P(P)P)P(P(P(P)P)P(P)P)P(P(P)P)P(P)P. The van der Waals surface area contributed by atoms with Gasteiger partial charge in [-0.25, -0.2) is 22.8 Å². The Kier molecular flexibility index (Phi) is 106. The van der Waals surface area contributed by atoms with Crippen LogP contribution in [0.5, 0.6) is 0 Å². The van der Waals surface area contributed by atoms with Gasteiger partial charge in [0.1, 0.15) is 11.9 Å². The number of nitrogens with two attached hydrogens (primary N) is 1. The molecule has 3 N–H and O–H groups in total. The molecule has 2 aromatic heterocycles. The third-order valence-corrected chi connectivity index (χ3v) is 692. The minimum absolute atomic E-state index is 0.184. The van der Waals surface area contributed by atoms with Crippen molar-refractivity contribution in [3.63, 3.8) is 0 Å². The monoisotopic (exact) mass is 3590 g/mol. The number of alkyl halides is 1. The predicted molar refractivity (Wildman–Crippen MR) is 939 cm³/mol. The molecule has 0 bridgehead atoms. The maximum absolute atomic E-state index is 13.0. The number of anilines is 1. The van der Waals surface area contributed by atoms with Crippen LogP contribution in [0.1, 0.15) is 25.3 Å². The van der Waals surface area contributed by atoms with Gasteiger partial charge >= 0.3 is 0 Å². The number of halogens is 1. The van der Waals surface area contributed by atoms with Gasteiger partial charge in [0.15, 0.2) is 27.1 Å². The summed E-state index contributed by atoms with van der Waals surface area (Å²) in [6.45, 7) is -16.2. The van der Waals surface area contributed by atoms with E-state index in [-0.39, 0.29) is 31.7 Å². The van der Waals surface area contributed by atoms with E-state index in [0.29, 0.717) is 67.6 Å². The standard InChI is InChI=1S/C28H30FN5O4S.H97P95/c1-18(29)15-31-16-19-2-4-20(5-3-19)24-14-26(38-34-24)27-28(30)32-17-25(33-27)21-6-8-22(9-7-21)39(35,36)23-10-12-37-13-11-23;1-49-73(48)85(72(46)47)91(84(70(42)43)71(44)45)94(90(82(66(34)35)67(36)37)83(68(38)39)69(40)41)95(92(86(74(50(2)3)51(4)5)75(52(6)7)53(8)9)87(76(54(10)11)55(12)13)77(56(14)15)57(16)17)93(88(78(58(18)19)59(20)21)79(60(22)23)61(24)25)89(80(62(26)27)63(28)29)81(64(30)31)65(32)33/h2-9,14,17-18,23,31H,10-13,15-16H2,1H3,(H2,30,32);49H,1-48H2. The van der Waals surface area contributed by atoms with Gasteiger partial charge in [-0.15, -0.1) is 429 Å². The van der Waals surface area contributed by atoms with Crippen molar-refractivity contribution in [3.8, 4) is 34.0 Å². The van der Waals surface area contributed by atoms with Gasteiger partial charge in [0.05, 0.1) is 22.0 Å². The maximum Gasteiger partial charge on any atom is 0.189 e. The lowest BCUT2D eigenvalue weighted by Gasteiger charge is -2.64. The van der Waals surface area contributed by atoms with Crippen LogP contribution in [0.4, 0.5) is 10.2 Å². The second kappa shape index (κ2) is 86.6. The molecule has 0 amide bonds. The van der Waals surface area contributed by atoms with Crippen LogP contribution >= 0.6 is 758 Å². The number of hydrogen-bond acceptors (Lipinski definition) is 9. The molecule has 1 fully saturated rings. The fourth-order valence-electron chi connectivity index (χ4n) is 10.3. The summed E-state index contributed by atoms with van der Waals surface area (Å²) in [6, 6.07) is 16.1. The first-order valence-electron chi connectivity index (χ1n) is 34.4. The average Bonchev–Trinajstić information content (AvgIpc) is 0.727. The van der Waals surface area contributed by atoms with E-state index in [1.54, 1.807) is 30.3 Å². The van der Waals surface area contributed by atoms with E-state index < -0.39 is 322 Å². The molecule has 9 nitrogen and oxygen atoms in total. The Balaban J connectivity index is 0.000000784. The molecular formula is C28H127FN5O4P95S. The van der Waals surface area contributed by atoms with Crippen LogP contribution in [-0.4, -0.2) is 54.7 Å². The summed E-state index contributed by atoms with van der Waals surface area (Å²) in [5.74, 6) is 0.543. The van der Waals surface area contributed by atoms with Crippen molar-refractivity contribution < 1.29 is 22.1 Å². The normalized spacial score (nSPS) is 15.8. The fraction of sp³-hybridized carbons (Fsp3) is 0.321. The lowest BCUT2D eigenvalue weighted by Crippen LogP contribution is -2.28. The first-order chi connectivity index (χ1) is 62.1. The van der Waals surface area contributed by atoms with E-state index in [1.165, 1.54) is 13.1 Å². The van der Waals surface area contributed by atoms with Gasteiger partial charge in [0.2, 0.25) is 0 Å². The molecule has 3 heterocycles. The number of nitrogens with one attached hydrogen (secondary N) is 1. The fourth-order valence-corrected chi connectivity index (χ4v) is 1420. The lowest BCUT2D eigenvalue weighted by molar-refractivity contribution is 0.0983. The minimum atomic E-state index is -3.43. The summed E-state index contributed by atoms with van der Waals surface area (Å²) < 4.78 is 49.8. The zero-order valence-electron chi connectivity index (χ0n) is 70.3. The number of rotatable bonds is 55. The van der Waals surface area contributed by atoms with E-state index >= 15 is 0 Å². The molecule has 1 aliphatic rings. The number of aromatic nitrogens is 3. The molecule has 54 atom stereocenters. The first kappa shape index (κ1) is 163. The molecule has 1 saturated heterocycles. The number of nitrogen functional groups attached to an aromatic ring is 1. The van der Waals surface area contributed by atoms with Crippen molar-refractivity contribution in [2.24, 2.45) is 0 Å². The molecule has 54 unspecified atom stereocenters. The van der Waals surface area contributed by atoms with E-state index in [2.05, 4.69) is 449 Å². The molecule has 0 saturated carbocycles. The van der Waals surface area contributed by atoms with Crippen molar-refractivity contribution in [1.29, 1.82) is 0 Å².